The van der Waals surface area contributed by atoms with E-state index in [1.165, 1.54) is 18.2 Å². The Balaban J connectivity index is 2.26. The fourth-order valence-corrected chi connectivity index (χ4v) is 2.68. The molecule has 7 heteroatoms. The third kappa shape index (κ3) is 3.57. The second-order valence-corrected chi connectivity index (χ2v) is 5.14. The molecule has 0 radical (unpaired) electrons. The van der Waals surface area contributed by atoms with Gasteiger partial charge in [-0.2, -0.15) is 0 Å². The number of benzene rings is 2. The number of aromatic carboxylic acids is 1. The summed E-state index contributed by atoms with van der Waals surface area (Å²) in [6.07, 6.45) is 0. The number of carbonyl (C=O) groups is 1. The Morgan fingerprint density at radius 2 is 2.00 bits per heavy atom. The topological polar surface area (TPSA) is 80.4 Å². The maximum absolute atomic E-state index is 13.5. The first-order valence-electron chi connectivity index (χ1n) is 5.87. The second-order valence-electron chi connectivity index (χ2n) is 4.12. The number of carboxylic acid groups (broad SMARTS) is 1. The van der Waals surface area contributed by atoms with Crippen LogP contribution in [0.15, 0.2) is 47.4 Å². The van der Waals surface area contributed by atoms with Gasteiger partial charge in [0.2, 0.25) is 0 Å². The molecule has 2 rings (SSSR count). The van der Waals surface area contributed by atoms with E-state index in [2.05, 4.69) is 0 Å². The molecule has 0 unspecified atom stereocenters. The van der Waals surface area contributed by atoms with Crippen molar-refractivity contribution in [3.8, 4) is 0 Å². The molecule has 0 spiro atoms. The minimum Gasteiger partial charge on any atom is -0.478 e. The van der Waals surface area contributed by atoms with Crippen molar-refractivity contribution in [1.82, 2.24) is 0 Å². The van der Waals surface area contributed by atoms with Gasteiger partial charge in [-0.05, 0) is 23.8 Å². The maximum Gasteiger partial charge on any atom is 0.335 e. The zero-order valence-corrected chi connectivity index (χ0v) is 11.5. The predicted octanol–water partition coefficient (Wildman–Crippen LogP) is 3.72. The molecule has 0 atom stereocenters. The number of halogens is 1. The molecule has 2 aromatic carbocycles. The smallest absolute Gasteiger partial charge is 0.335 e. The quantitative estimate of drug-likeness (QED) is 0.517. The molecule has 0 aliphatic heterocycles. The molecular formula is C14H10FNO4S. The Kier molecular flexibility index (Phi) is 4.54. The fourth-order valence-electron chi connectivity index (χ4n) is 1.69. The zero-order valence-electron chi connectivity index (χ0n) is 10.7. The first-order valence-corrected chi connectivity index (χ1v) is 6.85. The number of thioether (sulfide) groups is 1. The molecule has 1 N–H and O–H groups in total. The zero-order chi connectivity index (χ0) is 15.4. The standard InChI is InChI=1S/C14H10FNO4S/c15-11-4-2-1-3-10(11)8-21-13-6-5-9(14(17)18)7-12(13)16(19)20/h1-7H,8H2,(H,17,18). The van der Waals surface area contributed by atoms with E-state index in [1.807, 2.05) is 0 Å². The summed E-state index contributed by atoms with van der Waals surface area (Å²) in [6.45, 7) is 0. The van der Waals surface area contributed by atoms with Crippen LogP contribution >= 0.6 is 11.8 Å². The summed E-state index contributed by atoms with van der Waals surface area (Å²) in [5.41, 5.74) is -0.0210. The third-order valence-corrected chi connectivity index (χ3v) is 3.86. The van der Waals surface area contributed by atoms with Gasteiger partial charge in [-0.1, -0.05) is 18.2 Å². The van der Waals surface area contributed by atoms with Gasteiger partial charge >= 0.3 is 5.97 Å². The monoisotopic (exact) mass is 307 g/mol. The van der Waals surface area contributed by atoms with Crippen molar-refractivity contribution in [3.05, 3.63) is 69.5 Å². The lowest BCUT2D eigenvalue weighted by Crippen LogP contribution is -1.99. The first kappa shape index (κ1) is 15.0. The van der Waals surface area contributed by atoms with E-state index >= 15 is 0 Å². The van der Waals surface area contributed by atoms with E-state index in [-0.39, 0.29) is 22.8 Å². The van der Waals surface area contributed by atoms with Gasteiger partial charge in [-0.25, -0.2) is 9.18 Å². The van der Waals surface area contributed by atoms with Crippen molar-refractivity contribution >= 4 is 23.4 Å². The Hall–Kier alpha value is -2.41. The van der Waals surface area contributed by atoms with Crippen molar-refractivity contribution < 1.29 is 19.2 Å². The highest BCUT2D eigenvalue weighted by molar-refractivity contribution is 7.98. The summed E-state index contributed by atoms with van der Waals surface area (Å²) in [5.74, 6) is -1.39. The van der Waals surface area contributed by atoms with Gasteiger partial charge in [0.05, 0.1) is 15.4 Å². The predicted molar refractivity (Wildman–Crippen MR) is 76.0 cm³/mol. The number of nitro groups is 1. The largest absolute Gasteiger partial charge is 0.478 e. The highest BCUT2D eigenvalue weighted by atomic mass is 32.2. The summed E-state index contributed by atoms with van der Waals surface area (Å²) in [6, 6.07) is 9.82. The fraction of sp³-hybridized carbons (Fsp3) is 0.0714. The summed E-state index contributed by atoms with van der Waals surface area (Å²) in [4.78, 5) is 21.5. The van der Waals surface area contributed by atoms with Crippen LogP contribution in [0.1, 0.15) is 15.9 Å². The van der Waals surface area contributed by atoms with E-state index < -0.39 is 10.9 Å². The first-order chi connectivity index (χ1) is 9.99. The number of hydrogen-bond acceptors (Lipinski definition) is 4. The van der Waals surface area contributed by atoms with Gasteiger partial charge in [0.15, 0.2) is 0 Å². The average Bonchev–Trinajstić information content (AvgIpc) is 2.46. The second kappa shape index (κ2) is 6.36. The van der Waals surface area contributed by atoms with Crippen LogP contribution in [0.25, 0.3) is 0 Å². The van der Waals surface area contributed by atoms with Gasteiger partial charge in [0.1, 0.15) is 5.82 Å². The van der Waals surface area contributed by atoms with Crippen molar-refractivity contribution in [3.63, 3.8) is 0 Å². The normalized spacial score (nSPS) is 10.3. The van der Waals surface area contributed by atoms with Crippen LogP contribution < -0.4 is 0 Å². The molecular weight excluding hydrogens is 297 g/mol. The molecule has 0 saturated heterocycles. The van der Waals surface area contributed by atoms with Crippen molar-refractivity contribution in [1.29, 1.82) is 0 Å². The van der Waals surface area contributed by atoms with Crippen LogP contribution in [0.4, 0.5) is 10.1 Å². The van der Waals surface area contributed by atoms with E-state index in [1.54, 1.807) is 18.2 Å². The molecule has 0 amide bonds. The summed E-state index contributed by atoms with van der Waals surface area (Å²) >= 11 is 1.09. The number of hydrogen-bond donors (Lipinski definition) is 1. The Morgan fingerprint density at radius 3 is 2.62 bits per heavy atom. The lowest BCUT2D eigenvalue weighted by molar-refractivity contribution is -0.387. The van der Waals surface area contributed by atoms with Gasteiger partial charge in [0.25, 0.3) is 5.69 Å². The lowest BCUT2D eigenvalue weighted by Gasteiger charge is -2.05. The third-order valence-electron chi connectivity index (χ3n) is 2.74. The van der Waals surface area contributed by atoms with Gasteiger partial charge in [0, 0.05) is 11.8 Å². The lowest BCUT2D eigenvalue weighted by atomic mass is 10.2. The molecule has 0 bridgehead atoms. The van der Waals surface area contributed by atoms with Gasteiger partial charge in [-0.3, -0.25) is 10.1 Å². The van der Waals surface area contributed by atoms with E-state index in [4.69, 9.17) is 5.11 Å². The Labute approximate surface area is 123 Å². The van der Waals surface area contributed by atoms with E-state index in [0.717, 1.165) is 17.8 Å². The molecule has 0 aromatic heterocycles. The molecule has 108 valence electrons. The van der Waals surface area contributed by atoms with Crippen LogP contribution in [-0.4, -0.2) is 16.0 Å². The number of nitrogens with zero attached hydrogens (tertiary/aromatic N) is 1. The van der Waals surface area contributed by atoms with Crippen LogP contribution in [-0.2, 0) is 5.75 Å². The molecule has 0 saturated carbocycles. The highest BCUT2D eigenvalue weighted by Crippen LogP contribution is 2.32. The van der Waals surface area contributed by atoms with E-state index in [9.17, 15) is 19.3 Å². The van der Waals surface area contributed by atoms with E-state index in [0.29, 0.717) is 10.5 Å². The SMILES string of the molecule is O=C(O)c1ccc(SCc2ccccc2F)c([N+](=O)[O-])c1. The number of rotatable bonds is 5. The minimum absolute atomic E-state index is 0.156. The van der Waals surface area contributed by atoms with Gasteiger partial charge < -0.3 is 5.11 Å². The average molecular weight is 307 g/mol. The van der Waals surface area contributed by atoms with Crippen LogP contribution in [0.5, 0.6) is 0 Å². The highest BCUT2D eigenvalue weighted by Gasteiger charge is 2.18. The molecule has 0 heterocycles. The minimum atomic E-state index is -1.23. The molecule has 0 aliphatic rings. The maximum atomic E-state index is 13.5. The Morgan fingerprint density at radius 1 is 1.29 bits per heavy atom. The summed E-state index contributed by atoms with van der Waals surface area (Å²) in [5, 5.41) is 19.8. The summed E-state index contributed by atoms with van der Waals surface area (Å²) in [7, 11) is 0. The molecule has 0 aliphatic carbocycles. The van der Waals surface area contributed by atoms with Crippen molar-refractivity contribution in [2.24, 2.45) is 0 Å². The number of carboxylic acids is 1. The number of nitro benzene ring substituents is 1. The van der Waals surface area contributed by atoms with Gasteiger partial charge in [-0.15, -0.1) is 11.8 Å². The molecule has 2 aromatic rings. The summed E-state index contributed by atoms with van der Waals surface area (Å²) < 4.78 is 13.5. The molecule has 21 heavy (non-hydrogen) atoms. The molecule has 5 nitrogen and oxygen atoms in total. The van der Waals surface area contributed by atoms with Crippen LogP contribution in [0.3, 0.4) is 0 Å². The Bertz CT molecular complexity index is 705. The van der Waals surface area contributed by atoms with Crippen molar-refractivity contribution in [2.45, 2.75) is 10.6 Å². The van der Waals surface area contributed by atoms with Crippen LogP contribution in [0, 0.1) is 15.9 Å². The van der Waals surface area contributed by atoms with Crippen molar-refractivity contribution in [2.75, 3.05) is 0 Å². The molecule has 0 fully saturated rings. The van der Waals surface area contributed by atoms with Crippen LogP contribution in [0.2, 0.25) is 0 Å².